The summed E-state index contributed by atoms with van der Waals surface area (Å²) in [5, 5.41) is 3.75. The van der Waals surface area contributed by atoms with Gasteiger partial charge in [0.1, 0.15) is 5.75 Å². The average molecular weight is 435 g/mol. The van der Waals surface area contributed by atoms with Crippen molar-refractivity contribution in [3.63, 3.8) is 0 Å². The fourth-order valence-corrected chi connectivity index (χ4v) is 4.58. The van der Waals surface area contributed by atoms with Gasteiger partial charge in [0.05, 0.1) is 13.2 Å². The van der Waals surface area contributed by atoms with Gasteiger partial charge in [-0.3, -0.25) is 0 Å². The molecule has 0 bridgehead atoms. The Kier molecular flexibility index (Phi) is 3.98. The first-order chi connectivity index (χ1) is 11.2. The molecule has 0 spiro atoms. The normalized spacial score (nSPS) is 24.7. The van der Waals surface area contributed by atoms with Crippen LogP contribution >= 0.6 is 31.9 Å². The van der Waals surface area contributed by atoms with E-state index in [-0.39, 0.29) is 6.04 Å². The third kappa shape index (κ3) is 2.62. The second-order valence-corrected chi connectivity index (χ2v) is 7.92. The molecule has 0 amide bonds. The van der Waals surface area contributed by atoms with E-state index in [2.05, 4.69) is 73.6 Å². The lowest BCUT2D eigenvalue weighted by Gasteiger charge is -2.38. The summed E-state index contributed by atoms with van der Waals surface area (Å²) < 4.78 is 7.84. The Morgan fingerprint density at radius 2 is 1.78 bits per heavy atom. The first-order valence-electron chi connectivity index (χ1n) is 7.73. The van der Waals surface area contributed by atoms with E-state index in [1.165, 1.54) is 16.8 Å². The monoisotopic (exact) mass is 433 g/mol. The molecule has 1 aliphatic carbocycles. The highest BCUT2D eigenvalue weighted by Crippen LogP contribution is 2.51. The number of fused-ring (bicyclic) bond motifs is 3. The average Bonchev–Trinajstić information content (AvgIpc) is 3.04. The van der Waals surface area contributed by atoms with Crippen LogP contribution in [0.25, 0.3) is 0 Å². The molecule has 0 saturated heterocycles. The highest BCUT2D eigenvalue weighted by molar-refractivity contribution is 9.10. The summed E-state index contributed by atoms with van der Waals surface area (Å²) in [6.07, 6.45) is 5.75. The van der Waals surface area contributed by atoms with Gasteiger partial charge in [0.15, 0.2) is 0 Å². The standard InChI is InChI=1S/C19H17Br2NO/c1-23-18-8-6-12(21)10-16(18)19-14-4-2-3-13(14)15-9-11(20)5-7-17(15)22-19/h2-3,5-10,13-14,19,22H,4H2,1H3/t13?,14?,19-/m0/s1. The molecule has 0 saturated carbocycles. The third-order valence-corrected chi connectivity index (χ3v) is 5.84. The maximum atomic E-state index is 5.62. The van der Waals surface area contributed by atoms with Crippen molar-refractivity contribution in [1.82, 2.24) is 0 Å². The quantitative estimate of drug-likeness (QED) is 0.581. The molecule has 118 valence electrons. The highest BCUT2D eigenvalue weighted by atomic mass is 79.9. The van der Waals surface area contributed by atoms with Crippen LogP contribution in [0.5, 0.6) is 5.75 Å². The Bertz CT molecular complexity index is 787. The highest BCUT2D eigenvalue weighted by Gasteiger charge is 2.39. The lowest BCUT2D eigenvalue weighted by molar-refractivity contribution is 0.381. The van der Waals surface area contributed by atoms with Gasteiger partial charge in [0.2, 0.25) is 0 Å². The number of benzene rings is 2. The predicted molar refractivity (Wildman–Crippen MR) is 101 cm³/mol. The molecular formula is C19H17Br2NO. The Labute approximate surface area is 153 Å². The summed E-state index contributed by atoms with van der Waals surface area (Å²) in [6, 6.07) is 13.0. The molecule has 1 aliphatic heterocycles. The minimum absolute atomic E-state index is 0.246. The number of anilines is 1. The van der Waals surface area contributed by atoms with Crippen LogP contribution in [0.4, 0.5) is 5.69 Å². The molecule has 4 heteroatoms. The zero-order valence-corrected chi connectivity index (χ0v) is 15.9. The number of rotatable bonds is 2. The maximum Gasteiger partial charge on any atom is 0.124 e. The van der Waals surface area contributed by atoms with Gasteiger partial charge in [0, 0.05) is 26.1 Å². The molecule has 2 nitrogen and oxygen atoms in total. The van der Waals surface area contributed by atoms with Crippen molar-refractivity contribution in [2.75, 3.05) is 12.4 Å². The Morgan fingerprint density at radius 1 is 1.04 bits per heavy atom. The molecular weight excluding hydrogens is 418 g/mol. The van der Waals surface area contributed by atoms with Gasteiger partial charge >= 0.3 is 0 Å². The van der Waals surface area contributed by atoms with Crippen LogP contribution in [0, 0.1) is 5.92 Å². The van der Waals surface area contributed by atoms with Gasteiger partial charge in [-0.05, 0) is 54.3 Å². The van der Waals surface area contributed by atoms with E-state index in [0.29, 0.717) is 11.8 Å². The zero-order valence-electron chi connectivity index (χ0n) is 12.7. The molecule has 1 N–H and O–H groups in total. The van der Waals surface area contributed by atoms with E-state index in [0.717, 1.165) is 21.1 Å². The molecule has 0 radical (unpaired) electrons. The molecule has 0 aromatic heterocycles. The summed E-state index contributed by atoms with van der Waals surface area (Å²) in [7, 11) is 1.74. The van der Waals surface area contributed by atoms with Crippen molar-refractivity contribution in [1.29, 1.82) is 0 Å². The smallest absolute Gasteiger partial charge is 0.124 e. The van der Waals surface area contributed by atoms with E-state index >= 15 is 0 Å². The fraction of sp³-hybridized carbons (Fsp3) is 0.263. The summed E-state index contributed by atoms with van der Waals surface area (Å²) in [5.41, 5.74) is 3.81. The van der Waals surface area contributed by atoms with Crippen LogP contribution < -0.4 is 10.1 Å². The molecule has 2 unspecified atom stereocenters. The van der Waals surface area contributed by atoms with E-state index in [9.17, 15) is 0 Å². The molecule has 1 heterocycles. The van der Waals surface area contributed by atoms with Gasteiger partial charge in [-0.1, -0.05) is 44.0 Å². The van der Waals surface area contributed by atoms with Crippen molar-refractivity contribution >= 4 is 37.5 Å². The molecule has 2 aliphatic rings. The second kappa shape index (κ2) is 5.99. The third-order valence-electron chi connectivity index (χ3n) is 4.85. The molecule has 2 aromatic rings. The number of ether oxygens (including phenoxy) is 1. The summed E-state index contributed by atoms with van der Waals surface area (Å²) in [6.45, 7) is 0. The van der Waals surface area contributed by atoms with Gasteiger partial charge in [-0.25, -0.2) is 0 Å². The molecule has 23 heavy (non-hydrogen) atoms. The molecule has 0 fully saturated rings. The van der Waals surface area contributed by atoms with Crippen LogP contribution in [-0.2, 0) is 0 Å². The number of hydrogen-bond acceptors (Lipinski definition) is 2. The number of allylic oxidation sites excluding steroid dienone is 2. The summed E-state index contributed by atoms with van der Waals surface area (Å²) in [4.78, 5) is 0. The van der Waals surface area contributed by atoms with Gasteiger partial charge in [0.25, 0.3) is 0 Å². The maximum absolute atomic E-state index is 5.62. The topological polar surface area (TPSA) is 21.3 Å². The molecule has 2 aromatic carbocycles. The number of halogens is 2. The Morgan fingerprint density at radius 3 is 2.57 bits per heavy atom. The predicted octanol–water partition coefficient (Wildman–Crippen LogP) is 6.05. The van der Waals surface area contributed by atoms with Crippen LogP contribution in [0.2, 0.25) is 0 Å². The fourth-order valence-electron chi connectivity index (χ4n) is 3.82. The first kappa shape index (κ1) is 15.3. The number of methoxy groups -OCH3 is 1. The Hall–Kier alpha value is -1.26. The van der Waals surface area contributed by atoms with E-state index in [1.807, 2.05) is 12.1 Å². The molecule has 4 rings (SSSR count). The van der Waals surface area contributed by atoms with Gasteiger partial charge < -0.3 is 10.1 Å². The summed E-state index contributed by atoms with van der Waals surface area (Å²) >= 11 is 7.20. The van der Waals surface area contributed by atoms with Gasteiger partial charge in [-0.15, -0.1) is 0 Å². The van der Waals surface area contributed by atoms with Crippen molar-refractivity contribution < 1.29 is 4.74 Å². The number of hydrogen-bond donors (Lipinski definition) is 1. The lowest BCUT2D eigenvalue weighted by Crippen LogP contribution is -2.29. The van der Waals surface area contributed by atoms with Crippen LogP contribution in [0.15, 0.2) is 57.5 Å². The van der Waals surface area contributed by atoms with E-state index in [4.69, 9.17) is 4.74 Å². The van der Waals surface area contributed by atoms with E-state index in [1.54, 1.807) is 7.11 Å². The Balaban J connectivity index is 1.82. The van der Waals surface area contributed by atoms with E-state index < -0.39 is 0 Å². The van der Waals surface area contributed by atoms with Crippen LogP contribution in [-0.4, -0.2) is 7.11 Å². The SMILES string of the molecule is COc1ccc(Br)cc1[C@H]1Nc2ccc(Br)cc2C2C=CCC21. The summed E-state index contributed by atoms with van der Waals surface area (Å²) in [5.74, 6) is 1.91. The first-order valence-corrected chi connectivity index (χ1v) is 9.32. The minimum atomic E-state index is 0.246. The van der Waals surface area contributed by atoms with Crippen molar-refractivity contribution in [2.45, 2.75) is 18.4 Å². The lowest BCUT2D eigenvalue weighted by atomic mass is 9.77. The minimum Gasteiger partial charge on any atom is -0.496 e. The van der Waals surface area contributed by atoms with Crippen LogP contribution in [0.1, 0.15) is 29.5 Å². The van der Waals surface area contributed by atoms with Gasteiger partial charge in [-0.2, -0.15) is 0 Å². The number of nitrogens with one attached hydrogen (secondary N) is 1. The van der Waals surface area contributed by atoms with Crippen LogP contribution in [0.3, 0.4) is 0 Å². The van der Waals surface area contributed by atoms with Crippen molar-refractivity contribution in [3.05, 3.63) is 68.6 Å². The largest absolute Gasteiger partial charge is 0.496 e. The molecule has 3 atom stereocenters. The van der Waals surface area contributed by atoms with Crippen molar-refractivity contribution in [2.24, 2.45) is 5.92 Å². The van der Waals surface area contributed by atoms with Crippen molar-refractivity contribution in [3.8, 4) is 5.75 Å². The second-order valence-electron chi connectivity index (χ2n) is 6.09. The zero-order chi connectivity index (χ0) is 16.0.